The molecule has 2 nitrogen and oxygen atoms in total. The summed E-state index contributed by atoms with van der Waals surface area (Å²) < 4.78 is 0. The van der Waals surface area contributed by atoms with Crippen LogP contribution in [0.5, 0.6) is 0 Å². The van der Waals surface area contributed by atoms with E-state index in [0.29, 0.717) is 6.04 Å². The van der Waals surface area contributed by atoms with Crippen LogP contribution in [-0.4, -0.2) is 17.8 Å². The van der Waals surface area contributed by atoms with Crippen molar-refractivity contribution in [2.24, 2.45) is 0 Å². The van der Waals surface area contributed by atoms with Gasteiger partial charge < -0.3 is 10.4 Å². The highest BCUT2D eigenvalue weighted by Crippen LogP contribution is 2.18. The zero-order valence-electron chi connectivity index (χ0n) is 9.91. The molecule has 0 bridgehead atoms. The Morgan fingerprint density at radius 2 is 2.19 bits per heavy atom. The lowest BCUT2D eigenvalue weighted by atomic mass is 10.1. The summed E-state index contributed by atoms with van der Waals surface area (Å²) in [6.45, 7) is 4.47. The summed E-state index contributed by atoms with van der Waals surface area (Å²) in [4.78, 5) is 0. The van der Waals surface area contributed by atoms with Crippen molar-refractivity contribution in [3.05, 3.63) is 34.9 Å². The molecule has 16 heavy (non-hydrogen) atoms. The highest BCUT2D eigenvalue weighted by molar-refractivity contribution is 6.30. The van der Waals surface area contributed by atoms with Gasteiger partial charge in [0.25, 0.3) is 0 Å². The summed E-state index contributed by atoms with van der Waals surface area (Å²) in [5.41, 5.74) is 1.18. The van der Waals surface area contributed by atoms with E-state index in [0.717, 1.165) is 17.9 Å². The van der Waals surface area contributed by atoms with Gasteiger partial charge in [0.05, 0.1) is 0 Å². The molecule has 2 unspecified atom stereocenters. The molecule has 1 rings (SSSR count). The minimum atomic E-state index is 0.230. The lowest BCUT2D eigenvalue weighted by molar-refractivity contribution is 0.257. The van der Waals surface area contributed by atoms with Crippen LogP contribution in [0.15, 0.2) is 24.3 Å². The summed E-state index contributed by atoms with van der Waals surface area (Å²) in [6.07, 6.45) is 1.81. The minimum absolute atomic E-state index is 0.230. The van der Waals surface area contributed by atoms with Gasteiger partial charge >= 0.3 is 0 Å². The molecule has 0 heterocycles. The fourth-order valence-corrected chi connectivity index (χ4v) is 1.99. The molecule has 0 amide bonds. The molecule has 0 radical (unpaired) electrons. The smallest absolute Gasteiger partial charge is 0.0445 e. The summed E-state index contributed by atoms with van der Waals surface area (Å²) in [6, 6.07) is 8.50. The van der Waals surface area contributed by atoms with Crippen LogP contribution in [0.4, 0.5) is 0 Å². The van der Waals surface area contributed by atoms with E-state index >= 15 is 0 Å². The first-order valence-corrected chi connectivity index (χ1v) is 6.17. The first-order valence-electron chi connectivity index (χ1n) is 5.79. The second kappa shape index (κ2) is 6.89. The second-order valence-electron chi connectivity index (χ2n) is 4.06. The van der Waals surface area contributed by atoms with Crippen LogP contribution < -0.4 is 5.32 Å². The number of benzene rings is 1. The Bertz CT molecular complexity index is 317. The molecule has 0 fully saturated rings. The molecule has 0 aromatic heterocycles. The Morgan fingerprint density at radius 1 is 1.44 bits per heavy atom. The Hall–Kier alpha value is -0.570. The molecule has 90 valence electrons. The zero-order valence-corrected chi connectivity index (χ0v) is 10.7. The topological polar surface area (TPSA) is 32.3 Å². The van der Waals surface area contributed by atoms with E-state index in [4.69, 9.17) is 16.7 Å². The van der Waals surface area contributed by atoms with E-state index in [1.54, 1.807) is 0 Å². The van der Waals surface area contributed by atoms with Gasteiger partial charge in [0.15, 0.2) is 0 Å². The molecule has 0 saturated carbocycles. The van der Waals surface area contributed by atoms with Crippen LogP contribution in [0, 0.1) is 0 Å². The Kier molecular flexibility index (Phi) is 5.81. The van der Waals surface area contributed by atoms with Gasteiger partial charge in [-0.2, -0.15) is 0 Å². The largest absolute Gasteiger partial charge is 0.396 e. The number of aliphatic hydroxyl groups excluding tert-OH is 1. The Morgan fingerprint density at radius 3 is 2.75 bits per heavy atom. The number of hydrogen-bond donors (Lipinski definition) is 2. The first kappa shape index (κ1) is 13.5. The van der Waals surface area contributed by atoms with E-state index < -0.39 is 0 Å². The van der Waals surface area contributed by atoms with Gasteiger partial charge in [-0.1, -0.05) is 30.7 Å². The first-order chi connectivity index (χ1) is 7.67. The van der Waals surface area contributed by atoms with Gasteiger partial charge in [-0.05, 0) is 37.5 Å². The SMILES string of the molecule is CCC(CCO)NC(C)c1cccc(Cl)c1. The van der Waals surface area contributed by atoms with Crippen LogP contribution in [0.25, 0.3) is 0 Å². The van der Waals surface area contributed by atoms with Crippen molar-refractivity contribution in [3.8, 4) is 0 Å². The maximum atomic E-state index is 8.93. The van der Waals surface area contributed by atoms with Gasteiger partial charge in [0.2, 0.25) is 0 Å². The van der Waals surface area contributed by atoms with Crippen molar-refractivity contribution in [3.63, 3.8) is 0 Å². The van der Waals surface area contributed by atoms with Crippen molar-refractivity contribution in [1.29, 1.82) is 0 Å². The molecule has 2 N–H and O–H groups in total. The van der Waals surface area contributed by atoms with Crippen LogP contribution in [0.3, 0.4) is 0 Å². The highest BCUT2D eigenvalue weighted by atomic mass is 35.5. The van der Waals surface area contributed by atoms with E-state index in [9.17, 15) is 0 Å². The number of rotatable bonds is 6. The lowest BCUT2D eigenvalue weighted by Gasteiger charge is -2.22. The van der Waals surface area contributed by atoms with Gasteiger partial charge in [0, 0.05) is 23.7 Å². The molecular weight excluding hydrogens is 222 g/mol. The number of hydrogen-bond acceptors (Lipinski definition) is 2. The van der Waals surface area contributed by atoms with E-state index in [1.165, 1.54) is 5.56 Å². The van der Waals surface area contributed by atoms with Crippen molar-refractivity contribution in [2.45, 2.75) is 38.8 Å². The minimum Gasteiger partial charge on any atom is -0.396 e. The molecule has 0 saturated heterocycles. The predicted octanol–water partition coefficient (Wildman–Crippen LogP) is 3.15. The van der Waals surface area contributed by atoms with Crippen molar-refractivity contribution >= 4 is 11.6 Å². The molecule has 0 spiro atoms. The molecule has 1 aromatic carbocycles. The second-order valence-corrected chi connectivity index (χ2v) is 4.50. The normalized spacial score (nSPS) is 14.8. The van der Waals surface area contributed by atoms with E-state index in [1.807, 2.05) is 18.2 Å². The average molecular weight is 242 g/mol. The highest BCUT2D eigenvalue weighted by Gasteiger charge is 2.11. The van der Waals surface area contributed by atoms with E-state index in [-0.39, 0.29) is 12.6 Å². The predicted molar refractivity (Wildman–Crippen MR) is 68.8 cm³/mol. The van der Waals surface area contributed by atoms with Gasteiger partial charge in [-0.15, -0.1) is 0 Å². The number of halogens is 1. The third-order valence-corrected chi connectivity index (χ3v) is 3.04. The maximum Gasteiger partial charge on any atom is 0.0445 e. The lowest BCUT2D eigenvalue weighted by Crippen LogP contribution is -2.31. The standard InChI is InChI=1S/C13H20ClNO/c1-3-13(7-8-16)15-10(2)11-5-4-6-12(14)9-11/h4-6,9-10,13,15-16H,3,7-8H2,1-2H3. The van der Waals surface area contributed by atoms with Gasteiger partial charge in [0.1, 0.15) is 0 Å². The summed E-state index contributed by atoms with van der Waals surface area (Å²) in [5.74, 6) is 0. The molecule has 3 heteroatoms. The van der Waals surface area contributed by atoms with Gasteiger partial charge in [-0.25, -0.2) is 0 Å². The third kappa shape index (κ3) is 4.12. The summed E-state index contributed by atoms with van der Waals surface area (Å²) in [7, 11) is 0. The van der Waals surface area contributed by atoms with Crippen LogP contribution in [0.2, 0.25) is 5.02 Å². The van der Waals surface area contributed by atoms with Crippen molar-refractivity contribution < 1.29 is 5.11 Å². The van der Waals surface area contributed by atoms with Crippen LogP contribution in [-0.2, 0) is 0 Å². The van der Waals surface area contributed by atoms with Crippen LogP contribution in [0.1, 0.15) is 38.3 Å². The van der Waals surface area contributed by atoms with E-state index in [2.05, 4.69) is 25.2 Å². The average Bonchev–Trinajstić information content (AvgIpc) is 2.28. The maximum absolute atomic E-state index is 8.93. The Balaban J connectivity index is 2.60. The summed E-state index contributed by atoms with van der Waals surface area (Å²) >= 11 is 5.95. The Labute approximate surface area is 103 Å². The molecule has 2 atom stereocenters. The molecule has 0 aliphatic heterocycles. The number of nitrogens with one attached hydrogen (secondary N) is 1. The fourth-order valence-electron chi connectivity index (χ4n) is 1.79. The molecule has 0 aliphatic rings. The fraction of sp³-hybridized carbons (Fsp3) is 0.538. The van der Waals surface area contributed by atoms with Gasteiger partial charge in [-0.3, -0.25) is 0 Å². The molecular formula is C13H20ClNO. The third-order valence-electron chi connectivity index (χ3n) is 2.80. The molecule has 1 aromatic rings. The van der Waals surface area contributed by atoms with Crippen LogP contribution >= 0.6 is 11.6 Å². The van der Waals surface area contributed by atoms with Crippen molar-refractivity contribution in [2.75, 3.05) is 6.61 Å². The zero-order chi connectivity index (χ0) is 12.0. The van der Waals surface area contributed by atoms with Crippen molar-refractivity contribution in [1.82, 2.24) is 5.32 Å². The molecule has 0 aliphatic carbocycles. The quantitative estimate of drug-likeness (QED) is 0.802. The summed E-state index contributed by atoms with van der Waals surface area (Å²) in [5, 5.41) is 13.2. The monoisotopic (exact) mass is 241 g/mol. The number of aliphatic hydroxyl groups is 1.